The maximum absolute atomic E-state index is 13.9. The third kappa shape index (κ3) is 8.98. The highest BCUT2D eigenvalue weighted by Crippen LogP contribution is 2.35. The molecule has 1 aromatic heterocycles. The van der Waals surface area contributed by atoms with Gasteiger partial charge >= 0.3 is 6.09 Å². The number of rotatable bonds is 17. The van der Waals surface area contributed by atoms with Gasteiger partial charge in [0.05, 0.1) is 49.0 Å². The number of alkyl carbamates (subject to hydrolysis) is 1. The highest BCUT2D eigenvalue weighted by atomic mass is 32.2. The highest BCUT2D eigenvalue weighted by molar-refractivity contribution is 7.89. The van der Waals surface area contributed by atoms with Crippen molar-refractivity contribution < 1.29 is 46.7 Å². The molecule has 0 unspecified atom stereocenters. The SMILES string of the molecule is CC(C)CN(C[C@@H](O)[C@H](Cc1ccc(OCCCNc2ccn[nH]2)cc1)NC(=O)O[C@H]1CO[C@H]2OCC[C@H]21)S(=O)(=O)c1ccc2c(c1)OCO2. The third-order valence-corrected chi connectivity index (χ3v) is 10.6. The van der Waals surface area contributed by atoms with Gasteiger partial charge in [-0.3, -0.25) is 5.10 Å². The fourth-order valence-corrected chi connectivity index (χ4v) is 7.81. The van der Waals surface area contributed by atoms with E-state index in [1.165, 1.54) is 16.4 Å². The summed E-state index contributed by atoms with van der Waals surface area (Å²) in [5.74, 6) is 2.19. The lowest BCUT2D eigenvalue weighted by molar-refractivity contribution is -0.0907. The van der Waals surface area contributed by atoms with E-state index in [-0.39, 0.29) is 49.6 Å². The van der Waals surface area contributed by atoms with Crippen molar-refractivity contribution in [3.05, 3.63) is 60.3 Å². The van der Waals surface area contributed by atoms with Crippen LogP contribution in [-0.4, -0.2) is 105 Å². The van der Waals surface area contributed by atoms with Crippen molar-refractivity contribution in [2.75, 3.05) is 51.6 Å². The molecule has 15 nitrogen and oxygen atoms in total. The highest BCUT2D eigenvalue weighted by Gasteiger charge is 2.44. The topological polar surface area (TPSA) is 183 Å². The molecule has 1 amide bonds. The number of benzene rings is 2. The molecule has 0 saturated carbocycles. The van der Waals surface area contributed by atoms with E-state index in [1.54, 1.807) is 12.3 Å². The molecular formula is C34H45N5O10S. The van der Waals surface area contributed by atoms with Gasteiger partial charge in [0, 0.05) is 25.7 Å². The Morgan fingerprint density at radius 2 is 1.92 bits per heavy atom. The molecule has 0 aliphatic carbocycles. The molecule has 16 heteroatoms. The number of aromatic amines is 1. The van der Waals surface area contributed by atoms with E-state index in [1.807, 2.05) is 44.2 Å². The van der Waals surface area contributed by atoms with Gasteiger partial charge in [-0.05, 0) is 61.1 Å². The smallest absolute Gasteiger partial charge is 0.407 e. The van der Waals surface area contributed by atoms with Gasteiger partial charge in [-0.15, -0.1) is 0 Å². The van der Waals surface area contributed by atoms with Crippen molar-refractivity contribution in [3.8, 4) is 17.2 Å². The van der Waals surface area contributed by atoms with Crippen LogP contribution in [0, 0.1) is 11.8 Å². The molecule has 2 aromatic carbocycles. The Morgan fingerprint density at radius 3 is 2.70 bits per heavy atom. The van der Waals surface area contributed by atoms with Crippen LogP contribution in [0.2, 0.25) is 0 Å². The van der Waals surface area contributed by atoms with Crippen molar-refractivity contribution in [2.45, 2.75) is 62.5 Å². The number of carbonyl (C=O) groups is 1. The van der Waals surface area contributed by atoms with Gasteiger partial charge in [0.1, 0.15) is 17.7 Å². The molecule has 3 aliphatic heterocycles. The van der Waals surface area contributed by atoms with Crippen LogP contribution in [0.15, 0.2) is 59.6 Å². The van der Waals surface area contributed by atoms with E-state index in [9.17, 15) is 18.3 Å². The first-order chi connectivity index (χ1) is 24.2. The zero-order valence-corrected chi connectivity index (χ0v) is 29.0. The normalized spacial score (nSPS) is 20.9. The molecule has 50 heavy (non-hydrogen) atoms. The second-order valence-corrected chi connectivity index (χ2v) is 14.9. The van der Waals surface area contributed by atoms with Crippen LogP contribution in [0.4, 0.5) is 10.6 Å². The molecule has 3 aliphatic rings. The Kier molecular flexibility index (Phi) is 11.6. The maximum atomic E-state index is 13.9. The summed E-state index contributed by atoms with van der Waals surface area (Å²) in [5, 5.41) is 24.5. The number of anilines is 1. The van der Waals surface area contributed by atoms with Gasteiger partial charge in [-0.1, -0.05) is 26.0 Å². The van der Waals surface area contributed by atoms with Gasteiger partial charge in [-0.2, -0.15) is 9.40 Å². The molecule has 272 valence electrons. The van der Waals surface area contributed by atoms with Crippen molar-refractivity contribution in [2.24, 2.45) is 11.8 Å². The fraction of sp³-hybridized carbons (Fsp3) is 0.529. The molecular weight excluding hydrogens is 670 g/mol. The van der Waals surface area contributed by atoms with Crippen molar-refractivity contribution in [3.63, 3.8) is 0 Å². The number of ether oxygens (including phenoxy) is 6. The van der Waals surface area contributed by atoms with Gasteiger partial charge in [0.25, 0.3) is 0 Å². The molecule has 5 atom stereocenters. The molecule has 0 bridgehead atoms. The van der Waals surface area contributed by atoms with E-state index < -0.39 is 40.7 Å². The van der Waals surface area contributed by atoms with Crippen LogP contribution in [-0.2, 0) is 30.7 Å². The number of hydrogen-bond donors (Lipinski definition) is 4. The number of nitrogens with zero attached hydrogens (tertiary/aromatic N) is 2. The molecule has 0 radical (unpaired) electrons. The Hall–Kier alpha value is -4.09. The minimum atomic E-state index is -4.07. The van der Waals surface area contributed by atoms with Crippen LogP contribution in [0.25, 0.3) is 0 Å². The van der Waals surface area contributed by atoms with Crippen LogP contribution >= 0.6 is 0 Å². The molecule has 4 heterocycles. The summed E-state index contributed by atoms with van der Waals surface area (Å²) >= 11 is 0. The Bertz CT molecular complexity index is 1660. The zero-order chi connectivity index (χ0) is 35.1. The Morgan fingerprint density at radius 1 is 1.10 bits per heavy atom. The predicted molar refractivity (Wildman–Crippen MR) is 180 cm³/mol. The summed E-state index contributed by atoms with van der Waals surface area (Å²) < 4.78 is 62.7. The minimum absolute atomic E-state index is 0.00931. The first-order valence-electron chi connectivity index (χ1n) is 16.9. The van der Waals surface area contributed by atoms with Crippen LogP contribution in [0.5, 0.6) is 17.2 Å². The van der Waals surface area contributed by atoms with Crippen molar-refractivity contribution in [1.29, 1.82) is 0 Å². The first kappa shape index (κ1) is 35.7. The van der Waals surface area contributed by atoms with Gasteiger partial charge in [0.2, 0.25) is 16.8 Å². The lowest BCUT2D eigenvalue weighted by Crippen LogP contribution is -2.51. The summed E-state index contributed by atoms with van der Waals surface area (Å²) in [6.07, 6.45) is 0.439. The minimum Gasteiger partial charge on any atom is -0.494 e. The maximum Gasteiger partial charge on any atom is 0.407 e. The largest absolute Gasteiger partial charge is 0.494 e. The number of amides is 1. The number of aromatic nitrogens is 2. The number of sulfonamides is 1. The summed E-state index contributed by atoms with van der Waals surface area (Å²) in [4.78, 5) is 13.3. The molecule has 6 rings (SSSR count). The fourth-order valence-electron chi connectivity index (χ4n) is 6.17. The first-order valence-corrected chi connectivity index (χ1v) is 18.3. The van der Waals surface area contributed by atoms with Crippen LogP contribution in [0.1, 0.15) is 32.3 Å². The summed E-state index contributed by atoms with van der Waals surface area (Å²) in [6, 6.07) is 12.7. The average Bonchev–Trinajstić information content (AvgIpc) is 3.92. The summed E-state index contributed by atoms with van der Waals surface area (Å²) in [7, 11) is -4.07. The molecule has 3 aromatic rings. The summed E-state index contributed by atoms with van der Waals surface area (Å²) in [6.45, 7) is 5.61. The van der Waals surface area contributed by atoms with E-state index in [0.29, 0.717) is 43.4 Å². The van der Waals surface area contributed by atoms with Crippen LogP contribution in [0.3, 0.4) is 0 Å². The number of aliphatic hydroxyl groups excluding tert-OH is 1. The van der Waals surface area contributed by atoms with E-state index >= 15 is 0 Å². The number of carbonyl (C=O) groups excluding carboxylic acids is 1. The van der Waals surface area contributed by atoms with Gasteiger partial charge in [0.15, 0.2) is 17.8 Å². The second kappa shape index (κ2) is 16.3. The lowest BCUT2D eigenvalue weighted by Gasteiger charge is -2.31. The molecule has 4 N–H and O–H groups in total. The standard InChI is InChI=1S/C34H45N5O10S/c1-22(2)18-39(50(42,43)25-8-9-29-30(17-25)48-21-47-29)19-28(40)27(37-34(41)49-31-20-46-33-26(31)11-15-45-33)16-23-4-6-24(7-5-23)44-14-3-12-35-32-10-13-36-38-32/h4-10,13,17,22,26-28,31,33,40H,3,11-12,14-16,18-21H2,1-2H3,(H,37,41)(H2,35,36,38)/t26-,27-,28+,31-,33+/m0/s1. The van der Waals surface area contributed by atoms with E-state index in [0.717, 1.165) is 17.8 Å². The molecule has 2 saturated heterocycles. The number of nitrogens with one attached hydrogen (secondary N) is 3. The summed E-state index contributed by atoms with van der Waals surface area (Å²) in [5.41, 5.74) is 0.796. The number of hydrogen-bond acceptors (Lipinski definition) is 12. The third-order valence-electron chi connectivity index (χ3n) is 8.74. The van der Waals surface area contributed by atoms with E-state index in [2.05, 4.69) is 20.8 Å². The Labute approximate surface area is 291 Å². The quantitative estimate of drug-likeness (QED) is 0.150. The van der Waals surface area contributed by atoms with Gasteiger partial charge in [-0.25, -0.2) is 13.2 Å². The number of aliphatic hydroxyl groups is 1. The van der Waals surface area contributed by atoms with Crippen LogP contribution < -0.4 is 24.8 Å². The Balaban J connectivity index is 1.13. The van der Waals surface area contributed by atoms with Gasteiger partial charge < -0.3 is 44.2 Å². The van der Waals surface area contributed by atoms with Crippen molar-refractivity contribution in [1.82, 2.24) is 19.8 Å². The number of H-pyrrole nitrogens is 1. The average molecular weight is 716 g/mol. The monoisotopic (exact) mass is 715 g/mol. The lowest BCUT2D eigenvalue weighted by atomic mass is 10.0. The number of fused-ring (bicyclic) bond motifs is 2. The second-order valence-electron chi connectivity index (χ2n) is 13.0. The van der Waals surface area contributed by atoms with E-state index in [4.69, 9.17) is 28.4 Å². The van der Waals surface area contributed by atoms with Crippen molar-refractivity contribution >= 4 is 21.9 Å². The molecule has 2 fully saturated rings. The predicted octanol–water partition coefficient (Wildman–Crippen LogP) is 3.13. The molecule has 0 spiro atoms. The zero-order valence-electron chi connectivity index (χ0n) is 28.2.